The summed E-state index contributed by atoms with van der Waals surface area (Å²) < 4.78 is 0.904. The molecular weight excluding hydrogens is 326 g/mol. The minimum absolute atomic E-state index is 0.141. The summed E-state index contributed by atoms with van der Waals surface area (Å²) in [7, 11) is 0. The maximum absolute atomic E-state index is 12.2. The van der Waals surface area contributed by atoms with Crippen molar-refractivity contribution in [2.75, 3.05) is 19.6 Å². The van der Waals surface area contributed by atoms with Crippen LogP contribution in [0.1, 0.15) is 42.5 Å². The van der Waals surface area contributed by atoms with E-state index >= 15 is 0 Å². The number of halogens is 2. The van der Waals surface area contributed by atoms with Crippen LogP contribution in [0.4, 0.5) is 0 Å². The Morgan fingerprint density at radius 1 is 1.21 bits per heavy atom. The van der Waals surface area contributed by atoms with Gasteiger partial charge in [0.25, 0.3) is 0 Å². The van der Waals surface area contributed by atoms with E-state index in [1.54, 1.807) is 12.1 Å². The van der Waals surface area contributed by atoms with Crippen molar-refractivity contribution in [3.63, 3.8) is 0 Å². The third kappa shape index (κ3) is 4.59. The fourth-order valence-electron chi connectivity index (χ4n) is 2.47. The Bertz CT molecular complexity index is 442. The molecule has 1 fully saturated rings. The number of ketones is 1. The van der Waals surface area contributed by atoms with E-state index in [1.807, 2.05) is 6.07 Å². The van der Waals surface area contributed by atoms with Gasteiger partial charge in [0.2, 0.25) is 0 Å². The molecule has 1 saturated heterocycles. The van der Waals surface area contributed by atoms with Gasteiger partial charge in [-0.25, -0.2) is 0 Å². The first kappa shape index (κ1) is 15.0. The molecular formula is C15H19BrClNO. The number of likely N-dealkylation sites (tertiary alicyclic amines) is 1. The standard InChI is InChI=1S/C15H19BrClNO/c16-12-5-6-13(14(17)11-12)15(19)7-10-18-8-3-1-2-4-9-18/h5-6,11H,1-4,7-10H2. The van der Waals surface area contributed by atoms with E-state index in [9.17, 15) is 4.79 Å². The summed E-state index contributed by atoms with van der Waals surface area (Å²) in [6.07, 6.45) is 5.72. The van der Waals surface area contributed by atoms with Crippen molar-refractivity contribution in [2.45, 2.75) is 32.1 Å². The van der Waals surface area contributed by atoms with E-state index in [1.165, 1.54) is 25.7 Å². The van der Waals surface area contributed by atoms with Crippen LogP contribution in [0.5, 0.6) is 0 Å². The Labute approximate surface area is 128 Å². The Balaban J connectivity index is 1.89. The van der Waals surface area contributed by atoms with Gasteiger partial charge in [0.1, 0.15) is 0 Å². The molecule has 0 N–H and O–H groups in total. The second kappa shape index (κ2) is 7.41. The largest absolute Gasteiger partial charge is 0.303 e. The molecule has 0 bridgehead atoms. The highest BCUT2D eigenvalue weighted by Gasteiger charge is 2.14. The third-order valence-corrected chi connectivity index (χ3v) is 4.39. The van der Waals surface area contributed by atoms with Crippen molar-refractivity contribution >= 4 is 33.3 Å². The molecule has 19 heavy (non-hydrogen) atoms. The minimum atomic E-state index is 0.141. The van der Waals surface area contributed by atoms with Gasteiger partial charge in [-0.05, 0) is 44.1 Å². The number of carbonyl (C=O) groups is 1. The highest BCUT2D eigenvalue weighted by molar-refractivity contribution is 9.10. The molecule has 2 rings (SSSR count). The van der Waals surface area contributed by atoms with E-state index in [0.717, 1.165) is 24.1 Å². The molecule has 0 amide bonds. The molecule has 1 aliphatic rings. The van der Waals surface area contributed by atoms with Crippen LogP contribution in [0.25, 0.3) is 0 Å². The average Bonchev–Trinajstić information content (AvgIpc) is 2.64. The Morgan fingerprint density at radius 3 is 2.53 bits per heavy atom. The van der Waals surface area contributed by atoms with E-state index in [-0.39, 0.29) is 5.78 Å². The van der Waals surface area contributed by atoms with Crippen molar-refractivity contribution in [1.82, 2.24) is 4.90 Å². The van der Waals surface area contributed by atoms with Crippen LogP contribution in [0, 0.1) is 0 Å². The van der Waals surface area contributed by atoms with E-state index in [4.69, 9.17) is 11.6 Å². The molecule has 104 valence electrons. The van der Waals surface area contributed by atoms with E-state index in [0.29, 0.717) is 17.0 Å². The molecule has 2 nitrogen and oxygen atoms in total. The molecule has 0 atom stereocenters. The van der Waals surface area contributed by atoms with Crippen LogP contribution in [-0.2, 0) is 0 Å². The minimum Gasteiger partial charge on any atom is -0.303 e. The smallest absolute Gasteiger partial charge is 0.165 e. The predicted octanol–water partition coefficient (Wildman–Crippen LogP) is 4.55. The third-order valence-electron chi connectivity index (χ3n) is 3.59. The quantitative estimate of drug-likeness (QED) is 0.747. The molecule has 0 unspecified atom stereocenters. The van der Waals surface area contributed by atoms with Crippen LogP contribution in [-0.4, -0.2) is 30.3 Å². The van der Waals surface area contributed by atoms with Crippen molar-refractivity contribution < 1.29 is 4.79 Å². The molecule has 1 heterocycles. The zero-order chi connectivity index (χ0) is 13.7. The second-order valence-corrected chi connectivity index (χ2v) is 6.38. The normalized spacial score (nSPS) is 17.2. The highest BCUT2D eigenvalue weighted by atomic mass is 79.9. The lowest BCUT2D eigenvalue weighted by Crippen LogP contribution is -2.27. The summed E-state index contributed by atoms with van der Waals surface area (Å²) in [6, 6.07) is 5.45. The van der Waals surface area contributed by atoms with Gasteiger partial charge in [0.05, 0.1) is 5.02 Å². The zero-order valence-corrected chi connectivity index (χ0v) is 13.3. The fraction of sp³-hybridized carbons (Fsp3) is 0.533. The van der Waals surface area contributed by atoms with E-state index < -0.39 is 0 Å². The maximum Gasteiger partial charge on any atom is 0.165 e. The van der Waals surface area contributed by atoms with Gasteiger partial charge in [0.15, 0.2) is 5.78 Å². The Kier molecular flexibility index (Phi) is 5.86. The van der Waals surface area contributed by atoms with Crippen molar-refractivity contribution in [2.24, 2.45) is 0 Å². The van der Waals surface area contributed by atoms with Crippen LogP contribution >= 0.6 is 27.5 Å². The van der Waals surface area contributed by atoms with E-state index in [2.05, 4.69) is 20.8 Å². The van der Waals surface area contributed by atoms with Crippen LogP contribution in [0.3, 0.4) is 0 Å². The monoisotopic (exact) mass is 343 g/mol. The first-order valence-electron chi connectivity index (χ1n) is 6.87. The summed E-state index contributed by atoms with van der Waals surface area (Å²) in [5.74, 6) is 0.141. The van der Waals surface area contributed by atoms with Crippen LogP contribution in [0.15, 0.2) is 22.7 Å². The van der Waals surface area contributed by atoms with Gasteiger partial charge < -0.3 is 4.90 Å². The number of Topliss-reactive ketones (excluding diaryl/α,β-unsaturated/α-hetero) is 1. The first-order chi connectivity index (χ1) is 9.16. The average molecular weight is 345 g/mol. The molecule has 0 aromatic heterocycles. The van der Waals surface area contributed by atoms with Gasteiger partial charge in [0, 0.05) is 23.0 Å². The molecule has 1 aliphatic heterocycles. The zero-order valence-electron chi connectivity index (χ0n) is 11.0. The Hall–Kier alpha value is -0.380. The number of benzene rings is 1. The predicted molar refractivity (Wildman–Crippen MR) is 83.0 cm³/mol. The number of rotatable bonds is 4. The lowest BCUT2D eigenvalue weighted by molar-refractivity contribution is 0.0965. The fourth-order valence-corrected chi connectivity index (χ4v) is 3.25. The van der Waals surface area contributed by atoms with Gasteiger partial charge >= 0.3 is 0 Å². The van der Waals surface area contributed by atoms with Crippen LogP contribution in [0.2, 0.25) is 5.02 Å². The summed E-state index contributed by atoms with van der Waals surface area (Å²) in [5.41, 5.74) is 0.639. The number of hydrogen-bond donors (Lipinski definition) is 0. The first-order valence-corrected chi connectivity index (χ1v) is 8.04. The topological polar surface area (TPSA) is 20.3 Å². The molecule has 1 aromatic rings. The van der Waals surface area contributed by atoms with Gasteiger partial charge in [-0.2, -0.15) is 0 Å². The van der Waals surface area contributed by atoms with Crippen molar-refractivity contribution in [1.29, 1.82) is 0 Å². The van der Waals surface area contributed by atoms with Gasteiger partial charge in [-0.1, -0.05) is 40.4 Å². The van der Waals surface area contributed by atoms with Crippen molar-refractivity contribution in [3.8, 4) is 0 Å². The molecule has 0 aliphatic carbocycles. The van der Waals surface area contributed by atoms with Gasteiger partial charge in [-0.15, -0.1) is 0 Å². The van der Waals surface area contributed by atoms with Crippen molar-refractivity contribution in [3.05, 3.63) is 33.3 Å². The molecule has 0 radical (unpaired) electrons. The molecule has 4 heteroatoms. The maximum atomic E-state index is 12.2. The Morgan fingerprint density at radius 2 is 1.89 bits per heavy atom. The number of hydrogen-bond acceptors (Lipinski definition) is 2. The summed E-state index contributed by atoms with van der Waals surface area (Å²) in [6.45, 7) is 3.11. The van der Waals surface area contributed by atoms with Gasteiger partial charge in [-0.3, -0.25) is 4.79 Å². The SMILES string of the molecule is O=C(CCN1CCCCCC1)c1ccc(Br)cc1Cl. The number of carbonyl (C=O) groups excluding carboxylic acids is 1. The molecule has 1 aromatic carbocycles. The van der Waals surface area contributed by atoms with Crippen LogP contribution < -0.4 is 0 Å². The number of nitrogens with zero attached hydrogens (tertiary/aromatic N) is 1. The summed E-state index contributed by atoms with van der Waals surface area (Å²) in [5, 5.41) is 0.537. The summed E-state index contributed by atoms with van der Waals surface area (Å²) >= 11 is 9.46. The second-order valence-electron chi connectivity index (χ2n) is 5.05. The molecule has 0 spiro atoms. The lowest BCUT2D eigenvalue weighted by atomic mass is 10.1. The lowest BCUT2D eigenvalue weighted by Gasteiger charge is -2.19. The summed E-state index contributed by atoms with van der Waals surface area (Å²) in [4.78, 5) is 14.6. The highest BCUT2D eigenvalue weighted by Crippen LogP contribution is 2.22. The molecule has 0 saturated carbocycles.